The van der Waals surface area contributed by atoms with Gasteiger partial charge in [-0.2, -0.15) is 0 Å². The lowest BCUT2D eigenvalue weighted by Crippen LogP contribution is -2.35. The maximum atomic E-state index is 2.66. The Morgan fingerprint density at radius 2 is 1.54 bits per heavy atom. The quantitative estimate of drug-likeness (QED) is 0.588. The molecular weight excluding hydrogens is 177 g/mol. The number of hydrogen-bond donors (Lipinski definition) is 0. The van der Waals surface area contributed by atoms with E-state index in [1.165, 1.54) is 25.9 Å². The van der Waals surface area contributed by atoms with Crippen LogP contribution in [-0.4, -0.2) is 31.1 Å². The van der Waals surface area contributed by atoms with Crippen molar-refractivity contribution in [2.75, 3.05) is 26.4 Å². The summed E-state index contributed by atoms with van der Waals surface area (Å²) in [7, 11) is 0.160. The van der Waals surface area contributed by atoms with Crippen LogP contribution in [-0.2, 0) is 0 Å². The van der Waals surface area contributed by atoms with E-state index in [1.807, 2.05) is 0 Å². The molecule has 2 heteroatoms. The normalized spacial score (nSPS) is 22.6. The molecule has 1 rings (SSSR count). The van der Waals surface area contributed by atoms with E-state index in [2.05, 4.69) is 38.8 Å². The van der Waals surface area contributed by atoms with E-state index in [9.17, 15) is 0 Å². The Hall–Kier alpha value is 0.390. The molecule has 0 aliphatic carbocycles. The van der Waals surface area contributed by atoms with Gasteiger partial charge in [-0.1, -0.05) is 20.8 Å². The predicted molar refractivity (Wildman–Crippen MR) is 62.5 cm³/mol. The molecule has 1 fully saturated rings. The fourth-order valence-electron chi connectivity index (χ4n) is 2.13. The molecule has 1 aliphatic rings. The predicted octanol–water partition coefficient (Wildman–Crippen LogP) is 3.40. The van der Waals surface area contributed by atoms with Crippen molar-refractivity contribution in [3.8, 4) is 0 Å². The Bertz CT molecular complexity index is 152. The van der Waals surface area contributed by atoms with Gasteiger partial charge in [-0.15, -0.1) is 0 Å². The van der Waals surface area contributed by atoms with Crippen molar-refractivity contribution in [3.05, 3.63) is 0 Å². The van der Waals surface area contributed by atoms with Crippen molar-refractivity contribution in [3.63, 3.8) is 0 Å². The van der Waals surface area contributed by atoms with Crippen molar-refractivity contribution >= 4 is 8.07 Å². The van der Waals surface area contributed by atoms with Gasteiger partial charge in [0.05, 0.1) is 0 Å². The highest BCUT2D eigenvalue weighted by molar-refractivity contribution is 7.53. The van der Waals surface area contributed by atoms with Crippen molar-refractivity contribution < 1.29 is 0 Å². The van der Waals surface area contributed by atoms with Gasteiger partial charge in [-0.25, -0.2) is 0 Å². The fourth-order valence-corrected chi connectivity index (χ4v) is 3.16. The topological polar surface area (TPSA) is 3.24 Å². The van der Waals surface area contributed by atoms with Crippen molar-refractivity contribution in [2.45, 2.75) is 33.6 Å². The fraction of sp³-hybridized carbons (Fsp3) is 1.00. The zero-order valence-electron chi connectivity index (χ0n) is 9.80. The van der Waals surface area contributed by atoms with E-state index < -0.39 is 0 Å². The summed E-state index contributed by atoms with van der Waals surface area (Å²) >= 11 is 0. The van der Waals surface area contributed by atoms with Gasteiger partial charge in [-0.3, -0.25) is 4.67 Å². The van der Waals surface area contributed by atoms with Gasteiger partial charge in [0.1, 0.15) is 0 Å². The van der Waals surface area contributed by atoms with E-state index in [0.29, 0.717) is 5.41 Å². The van der Waals surface area contributed by atoms with Crippen LogP contribution in [0, 0.1) is 11.3 Å². The van der Waals surface area contributed by atoms with Crippen LogP contribution in [0.3, 0.4) is 0 Å². The second-order valence-corrected chi connectivity index (χ2v) is 7.70. The van der Waals surface area contributed by atoms with Crippen LogP contribution in [0.2, 0.25) is 0 Å². The monoisotopic (exact) mass is 201 g/mol. The van der Waals surface area contributed by atoms with Gasteiger partial charge >= 0.3 is 0 Å². The molecule has 1 nitrogen and oxygen atoms in total. The molecule has 0 N–H and O–H groups in total. The summed E-state index contributed by atoms with van der Waals surface area (Å²) in [5.74, 6) is 0.943. The number of piperidine rings is 1. The Morgan fingerprint density at radius 3 is 1.85 bits per heavy atom. The molecule has 0 spiro atoms. The first kappa shape index (κ1) is 11.5. The zero-order chi connectivity index (χ0) is 10.1. The van der Waals surface area contributed by atoms with Crippen LogP contribution < -0.4 is 0 Å². The van der Waals surface area contributed by atoms with Gasteiger partial charge in [-0.05, 0) is 45.6 Å². The van der Waals surface area contributed by atoms with Crippen molar-refractivity contribution in [1.29, 1.82) is 0 Å². The molecule has 1 aliphatic heterocycles. The third-order valence-corrected chi connectivity index (χ3v) is 4.79. The molecule has 0 amide bonds. The van der Waals surface area contributed by atoms with Crippen LogP contribution >= 0.6 is 8.07 Å². The minimum absolute atomic E-state index is 0.160. The Labute approximate surface area is 84.7 Å². The molecule has 0 aromatic carbocycles. The third kappa shape index (κ3) is 3.22. The zero-order valence-corrected chi connectivity index (χ0v) is 10.7. The third-order valence-electron chi connectivity index (χ3n) is 3.26. The first-order valence-electron chi connectivity index (χ1n) is 5.33. The molecule has 1 saturated heterocycles. The molecule has 0 saturated carbocycles. The summed E-state index contributed by atoms with van der Waals surface area (Å²) in [5.41, 5.74) is 0.524. The highest BCUT2D eigenvalue weighted by Crippen LogP contribution is 2.40. The summed E-state index contributed by atoms with van der Waals surface area (Å²) in [5, 5.41) is 0. The average Bonchev–Trinajstić information content (AvgIpc) is 2.03. The highest BCUT2D eigenvalue weighted by atomic mass is 31.1. The van der Waals surface area contributed by atoms with Gasteiger partial charge in [0.25, 0.3) is 0 Å². The first-order valence-corrected chi connectivity index (χ1v) is 7.52. The molecule has 1 heterocycles. The summed E-state index contributed by atoms with van der Waals surface area (Å²) < 4.78 is 2.66. The lowest BCUT2D eigenvalue weighted by Gasteiger charge is -2.40. The summed E-state index contributed by atoms with van der Waals surface area (Å²) in [4.78, 5) is 0. The molecule has 0 aromatic heterocycles. The lowest BCUT2D eigenvalue weighted by atomic mass is 9.76. The number of hydrogen-bond acceptors (Lipinski definition) is 1. The van der Waals surface area contributed by atoms with Crippen LogP contribution in [0.4, 0.5) is 0 Å². The van der Waals surface area contributed by atoms with Crippen LogP contribution in [0.25, 0.3) is 0 Å². The molecule has 13 heavy (non-hydrogen) atoms. The second kappa shape index (κ2) is 4.28. The minimum Gasteiger partial charge on any atom is -0.282 e. The minimum atomic E-state index is 0.160. The highest BCUT2D eigenvalue weighted by Gasteiger charge is 2.29. The lowest BCUT2D eigenvalue weighted by molar-refractivity contribution is 0.157. The van der Waals surface area contributed by atoms with E-state index in [4.69, 9.17) is 0 Å². The molecular formula is C11H24NP. The smallest absolute Gasteiger partial charge is 0.00236 e. The standard InChI is InChI=1S/C11H24NP/c1-11(2,3)10-6-8-12(9-7-10)13(4)5/h10H,6-9H2,1-5H3. The SMILES string of the molecule is CP(C)N1CCC(C(C)(C)C)CC1. The number of nitrogens with zero attached hydrogens (tertiary/aromatic N) is 1. The molecule has 78 valence electrons. The van der Waals surface area contributed by atoms with Gasteiger partial charge in [0.2, 0.25) is 0 Å². The molecule has 0 atom stereocenters. The molecule has 0 aromatic rings. The maximum absolute atomic E-state index is 2.66. The Kier molecular flexibility index (Phi) is 3.77. The van der Waals surface area contributed by atoms with Crippen molar-refractivity contribution in [1.82, 2.24) is 4.67 Å². The van der Waals surface area contributed by atoms with Crippen LogP contribution in [0.5, 0.6) is 0 Å². The summed E-state index contributed by atoms with van der Waals surface area (Å²) in [6.07, 6.45) is 2.81. The Balaban J connectivity index is 2.39. The Morgan fingerprint density at radius 1 is 1.08 bits per heavy atom. The summed E-state index contributed by atoms with van der Waals surface area (Å²) in [6, 6.07) is 0. The van der Waals surface area contributed by atoms with Gasteiger partial charge < -0.3 is 0 Å². The summed E-state index contributed by atoms with van der Waals surface area (Å²) in [6.45, 7) is 14.6. The van der Waals surface area contributed by atoms with Crippen LogP contribution in [0.15, 0.2) is 0 Å². The van der Waals surface area contributed by atoms with Crippen molar-refractivity contribution in [2.24, 2.45) is 11.3 Å². The van der Waals surface area contributed by atoms with Crippen LogP contribution in [0.1, 0.15) is 33.6 Å². The molecule has 0 bridgehead atoms. The van der Waals surface area contributed by atoms with E-state index in [0.717, 1.165) is 5.92 Å². The first-order chi connectivity index (χ1) is 5.91. The maximum Gasteiger partial charge on any atom is 0.00236 e. The largest absolute Gasteiger partial charge is 0.282 e. The van der Waals surface area contributed by atoms with Gasteiger partial charge in [0, 0.05) is 13.1 Å². The molecule has 0 unspecified atom stereocenters. The average molecular weight is 201 g/mol. The number of rotatable bonds is 1. The van der Waals surface area contributed by atoms with E-state index in [-0.39, 0.29) is 8.07 Å². The van der Waals surface area contributed by atoms with E-state index in [1.54, 1.807) is 0 Å². The molecule has 0 radical (unpaired) electrons. The van der Waals surface area contributed by atoms with E-state index >= 15 is 0 Å². The van der Waals surface area contributed by atoms with Gasteiger partial charge in [0.15, 0.2) is 0 Å². The second-order valence-electron chi connectivity index (χ2n) is 5.44.